The Bertz CT molecular complexity index is 368. The molecule has 16 heavy (non-hydrogen) atoms. The van der Waals surface area contributed by atoms with E-state index in [1.54, 1.807) is 0 Å². The highest BCUT2D eigenvalue weighted by Crippen LogP contribution is 2.36. The molecule has 3 N–H and O–H groups in total. The third-order valence-electron chi connectivity index (χ3n) is 3.33. The first-order valence-corrected chi connectivity index (χ1v) is 6.16. The lowest BCUT2D eigenvalue weighted by Gasteiger charge is -2.15. The number of hydrogen-bond donors (Lipinski definition) is 2. The molecule has 0 fully saturated rings. The number of rotatable bonds is 3. The maximum Gasteiger partial charge on any atom is 0.111 e. The molecule has 2 rings (SSSR count). The molecule has 0 aromatic carbocycles. The highest BCUT2D eigenvalue weighted by atomic mass is 16.3. The number of fused-ring (bicyclic) bond motifs is 1. The Balaban J connectivity index is 2.48. The summed E-state index contributed by atoms with van der Waals surface area (Å²) in [5.41, 5.74) is 8.34. The minimum Gasteiger partial charge on any atom is -0.465 e. The van der Waals surface area contributed by atoms with Crippen LogP contribution in [0.15, 0.2) is 4.42 Å². The summed E-state index contributed by atoms with van der Waals surface area (Å²) < 4.78 is 5.93. The molecule has 3 nitrogen and oxygen atoms in total. The third-order valence-corrected chi connectivity index (χ3v) is 3.33. The molecular weight excluding hydrogens is 202 g/mol. The van der Waals surface area contributed by atoms with E-state index in [-0.39, 0.29) is 12.6 Å². The first-order valence-electron chi connectivity index (χ1n) is 6.16. The number of aryl methyl sites for hydroxylation is 1. The molecule has 1 aromatic rings. The van der Waals surface area contributed by atoms with Gasteiger partial charge in [-0.05, 0) is 24.8 Å². The molecule has 0 saturated carbocycles. The van der Waals surface area contributed by atoms with Gasteiger partial charge < -0.3 is 15.3 Å². The predicted molar refractivity (Wildman–Crippen MR) is 63.5 cm³/mol. The topological polar surface area (TPSA) is 59.4 Å². The van der Waals surface area contributed by atoms with Crippen molar-refractivity contribution < 1.29 is 9.52 Å². The van der Waals surface area contributed by atoms with E-state index in [2.05, 4.69) is 13.8 Å². The molecule has 1 aliphatic carbocycles. The Morgan fingerprint density at radius 2 is 2.00 bits per heavy atom. The van der Waals surface area contributed by atoms with Crippen LogP contribution in [-0.2, 0) is 12.8 Å². The van der Waals surface area contributed by atoms with Crippen molar-refractivity contribution in [2.45, 2.75) is 51.5 Å². The molecule has 1 heterocycles. The van der Waals surface area contributed by atoms with Gasteiger partial charge in [0.05, 0.1) is 12.6 Å². The zero-order valence-corrected chi connectivity index (χ0v) is 10.1. The van der Waals surface area contributed by atoms with Crippen LogP contribution in [-0.4, -0.2) is 11.7 Å². The molecule has 1 aromatic heterocycles. The van der Waals surface area contributed by atoms with Crippen molar-refractivity contribution in [2.75, 3.05) is 6.61 Å². The van der Waals surface area contributed by atoms with Gasteiger partial charge >= 0.3 is 0 Å². The van der Waals surface area contributed by atoms with Crippen molar-refractivity contribution in [2.24, 2.45) is 5.73 Å². The summed E-state index contributed by atoms with van der Waals surface area (Å²) in [6.45, 7) is 4.21. The number of furan rings is 1. The SMILES string of the molecule is CC(C)c1oc2c(c1C(N)CO)CCCC2. The second-order valence-corrected chi connectivity index (χ2v) is 4.93. The summed E-state index contributed by atoms with van der Waals surface area (Å²) in [5, 5.41) is 9.25. The van der Waals surface area contributed by atoms with Gasteiger partial charge in [0, 0.05) is 17.9 Å². The summed E-state index contributed by atoms with van der Waals surface area (Å²) in [6.07, 6.45) is 4.48. The fourth-order valence-corrected chi connectivity index (χ4v) is 2.54. The Morgan fingerprint density at radius 1 is 1.31 bits per heavy atom. The zero-order valence-electron chi connectivity index (χ0n) is 10.1. The molecular formula is C13H21NO2. The molecule has 0 saturated heterocycles. The standard InChI is InChI=1S/C13H21NO2/c1-8(2)13-12(10(14)7-15)9-5-3-4-6-11(9)16-13/h8,10,15H,3-7,14H2,1-2H3. The van der Waals surface area contributed by atoms with Gasteiger partial charge in [0.25, 0.3) is 0 Å². The maximum absolute atomic E-state index is 9.25. The summed E-state index contributed by atoms with van der Waals surface area (Å²) in [4.78, 5) is 0. The Hall–Kier alpha value is -0.800. The van der Waals surface area contributed by atoms with Gasteiger partial charge in [0.2, 0.25) is 0 Å². The van der Waals surface area contributed by atoms with E-state index in [1.165, 1.54) is 18.4 Å². The van der Waals surface area contributed by atoms with Crippen LogP contribution in [0, 0.1) is 0 Å². The van der Waals surface area contributed by atoms with Crippen LogP contribution in [0.2, 0.25) is 0 Å². The van der Waals surface area contributed by atoms with E-state index in [9.17, 15) is 5.11 Å². The van der Waals surface area contributed by atoms with E-state index in [4.69, 9.17) is 10.2 Å². The third kappa shape index (κ3) is 1.89. The van der Waals surface area contributed by atoms with Crippen LogP contribution in [0.4, 0.5) is 0 Å². The van der Waals surface area contributed by atoms with Crippen molar-refractivity contribution in [3.05, 3.63) is 22.6 Å². The van der Waals surface area contributed by atoms with E-state index in [1.807, 2.05) is 0 Å². The normalized spacial score (nSPS) is 17.6. The van der Waals surface area contributed by atoms with Crippen molar-refractivity contribution >= 4 is 0 Å². The molecule has 1 atom stereocenters. The number of hydrogen-bond acceptors (Lipinski definition) is 3. The first-order chi connectivity index (χ1) is 7.65. The lowest BCUT2D eigenvalue weighted by Crippen LogP contribution is -2.18. The van der Waals surface area contributed by atoms with Gasteiger partial charge in [-0.2, -0.15) is 0 Å². The fourth-order valence-electron chi connectivity index (χ4n) is 2.54. The summed E-state index contributed by atoms with van der Waals surface area (Å²) in [5.74, 6) is 2.42. The quantitative estimate of drug-likeness (QED) is 0.826. The van der Waals surface area contributed by atoms with Crippen LogP contribution in [0.5, 0.6) is 0 Å². The molecule has 3 heteroatoms. The first kappa shape index (κ1) is 11.7. The van der Waals surface area contributed by atoms with Crippen LogP contribution in [0.1, 0.15) is 61.3 Å². The van der Waals surface area contributed by atoms with Crippen molar-refractivity contribution in [1.82, 2.24) is 0 Å². The summed E-state index contributed by atoms with van der Waals surface area (Å²) in [7, 11) is 0. The van der Waals surface area contributed by atoms with Crippen LogP contribution in [0.25, 0.3) is 0 Å². The highest BCUT2D eigenvalue weighted by Gasteiger charge is 2.26. The fraction of sp³-hybridized carbons (Fsp3) is 0.692. The zero-order chi connectivity index (χ0) is 11.7. The molecule has 1 unspecified atom stereocenters. The molecule has 1 aliphatic rings. The lowest BCUT2D eigenvalue weighted by atomic mass is 9.90. The minimum absolute atomic E-state index is 0.00824. The Kier molecular flexibility index (Phi) is 3.36. The van der Waals surface area contributed by atoms with Crippen molar-refractivity contribution in [1.29, 1.82) is 0 Å². The van der Waals surface area contributed by atoms with Crippen LogP contribution >= 0.6 is 0 Å². The second-order valence-electron chi connectivity index (χ2n) is 4.93. The minimum atomic E-state index is -0.289. The van der Waals surface area contributed by atoms with E-state index in [0.29, 0.717) is 5.92 Å². The Morgan fingerprint density at radius 3 is 2.62 bits per heavy atom. The van der Waals surface area contributed by atoms with Gasteiger partial charge in [-0.1, -0.05) is 13.8 Å². The summed E-state index contributed by atoms with van der Waals surface area (Å²) in [6, 6.07) is -0.289. The molecule has 0 aliphatic heterocycles. The molecule has 0 amide bonds. The van der Waals surface area contributed by atoms with E-state index < -0.39 is 0 Å². The van der Waals surface area contributed by atoms with Crippen molar-refractivity contribution in [3.8, 4) is 0 Å². The van der Waals surface area contributed by atoms with Gasteiger partial charge in [0.15, 0.2) is 0 Å². The van der Waals surface area contributed by atoms with Crippen LogP contribution in [0.3, 0.4) is 0 Å². The monoisotopic (exact) mass is 223 g/mol. The van der Waals surface area contributed by atoms with E-state index in [0.717, 1.165) is 29.9 Å². The smallest absolute Gasteiger partial charge is 0.111 e. The van der Waals surface area contributed by atoms with Gasteiger partial charge in [0.1, 0.15) is 11.5 Å². The molecule has 0 bridgehead atoms. The number of aliphatic hydroxyl groups is 1. The second kappa shape index (κ2) is 4.60. The number of aliphatic hydroxyl groups excluding tert-OH is 1. The summed E-state index contributed by atoms with van der Waals surface area (Å²) >= 11 is 0. The lowest BCUT2D eigenvalue weighted by molar-refractivity contribution is 0.265. The van der Waals surface area contributed by atoms with Gasteiger partial charge in [-0.3, -0.25) is 0 Å². The molecule has 90 valence electrons. The van der Waals surface area contributed by atoms with Gasteiger partial charge in [-0.25, -0.2) is 0 Å². The largest absolute Gasteiger partial charge is 0.465 e. The predicted octanol–water partition coefficient (Wildman–Crippen LogP) is 2.27. The van der Waals surface area contributed by atoms with Gasteiger partial charge in [-0.15, -0.1) is 0 Å². The maximum atomic E-state index is 9.25. The molecule has 0 radical (unpaired) electrons. The number of nitrogens with two attached hydrogens (primary N) is 1. The Labute approximate surface area is 96.6 Å². The average Bonchev–Trinajstić information content (AvgIpc) is 2.67. The van der Waals surface area contributed by atoms with Crippen LogP contribution < -0.4 is 5.73 Å². The average molecular weight is 223 g/mol. The van der Waals surface area contributed by atoms with Crippen molar-refractivity contribution in [3.63, 3.8) is 0 Å². The van der Waals surface area contributed by atoms with E-state index >= 15 is 0 Å². The molecule has 0 spiro atoms. The highest BCUT2D eigenvalue weighted by molar-refractivity contribution is 5.39.